The average molecular weight is 269 g/mol. The van der Waals surface area contributed by atoms with Gasteiger partial charge in [-0.15, -0.1) is 0 Å². The molecule has 18 heavy (non-hydrogen) atoms. The quantitative estimate of drug-likeness (QED) is 0.911. The van der Waals surface area contributed by atoms with Crippen LogP contribution in [-0.4, -0.2) is 20.9 Å². The van der Waals surface area contributed by atoms with E-state index in [1.165, 1.54) is 23.0 Å². The Labute approximate surface area is 108 Å². The second kappa shape index (κ2) is 4.42. The molecule has 1 N–H and O–H groups in total. The SMILES string of the molecule is Cc1cc(Cl)c(-c2c(C(=O)O)cnn2C)cc1F. The minimum atomic E-state index is -1.13. The Bertz CT molecular complexity index is 637. The van der Waals surface area contributed by atoms with Crippen molar-refractivity contribution in [3.05, 3.63) is 40.3 Å². The normalized spacial score (nSPS) is 10.7. The molecule has 0 saturated heterocycles. The molecule has 4 nitrogen and oxygen atoms in total. The summed E-state index contributed by atoms with van der Waals surface area (Å²) in [7, 11) is 1.58. The van der Waals surface area contributed by atoms with Crippen LogP contribution in [-0.2, 0) is 7.05 Å². The van der Waals surface area contributed by atoms with E-state index in [0.717, 1.165) is 0 Å². The van der Waals surface area contributed by atoms with Gasteiger partial charge in [0.25, 0.3) is 0 Å². The number of halogens is 2. The Hall–Kier alpha value is -1.88. The molecule has 0 aliphatic heterocycles. The molecule has 0 atom stereocenters. The van der Waals surface area contributed by atoms with Crippen molar-refractivity contribution in [2.45, 2.75) is 6.92 Å². The number of rotatable bonds is 2. The van der Waals surface area contributed by atoms with Crippen LogP contribution in [0.3, 0.4) is 0 Å². The van der Waals surface area contributed by atoms with Gasteiger partial charge in [-0.3, -0.25) is 4.68 Å². The highest BCUT2D eigenvalue weighted by Crippen LogP contribution is 2.32. The second-order valence-corrected chi connectivity index (χ2v) is 4.32. The van der Waals surface area contributed by atoms with Gasteiger partial charge in [0, 0.05) is 12.6 Å². The molecule has 0 aliphatic rings. The highest BCUT2D eigenvalue weighted by molar-refractivity contribution is 6.33. The number of benzene rings is 1. The first-order chi connectivity index (χ1) is 8.41. The standard InChI is InChI=1S/C12H10ClFN2O2/c1-6-3-9(13)7(4-10(6)14)11-8(12(17)18)5-15-16(11)2/h3-5H,1-2H3,(H,17,18). The third kappa shape index (κ3) is 1.97. The minimum absolute atomic E-state index is 0.0114. The minimum Gasteiger partial charge on any atom is -0.478 e. The first-order valence-electron chi connectivity index (χ1n) is 5.13. The van der Waals surface area contributed by atoms with Crippen LogP contribution in [0.2, 0.25) is 5.02 Å². The van der Waals surface area contributed by atoms with E-state index in [0.29, 0.717) is 16.1 Å². The molecular weight excluding hydrogens is 259 g/mol. The number of hydrogen-bond donors (Lipinski definition) is 1. The third-order valence-corrected chi connectivity index (χ3v) is 2.99. The number of carboxylic acid groups (broad SMARTS) is 1. The van der Waals surface area contributed by atoms with Gasteiger partial charge in [0.15, 0.2) is 0 Å². The summed E-state index contributed by atoms with van der Waals surface area (Å²) in [6.45, 7) is 1.59. The van der Waals surface area contributed by atoms with Gasteiger partial charge in [-0.1, -0.05) is 11.6 Å². The summed E-state index contributed by atoms with van der Waals surface area (Å²) in [4.78, 5) is 11.1. The molecule has 2 aromatic rings. The number of carbonyl (C=O) groups is 1. The van der Waals surface area contributed by atoms with Crippen molar-refractivity contribution in [1.29, 1.82) is 0 Å². The lowest BCUT2D eigenvalue weighted by molar-refractivity contribution is 0.0697. The molecule has 0 saturated carbocycles. The van der Waals surface area contributed by atoms with Crippen molar-refractivity contribution >= 4 is 17.6 Å². The first kappa shape index (κ1) is 12.6. The summed E-state index contributed by atoms with van der Waals surface area (Å²) in [5.74, 6) is -1.57. The zero-order chi connectivity index (χ0) is 13.4. The molecule has 0 amide bonds. The lowest BCUT2D eigenvalue weighted by Crippen LogP contribution is -2.02. The van der Waals surface area contributed by atoms with E-state index in [2.05, 4.69) is 5.10 Å². The van der Waals surface area contributed by atoms with Crippen LogP contribution >= 0.6 is 11.6 Å². The van der Waals surface area contributed by atoms with Crippen molar-refractivity contribution in [1.82, 2.24) is 9.78 Å². The van der Waals surface area contributed by atoms with Gasteiger partial charge in [0.1, 0.15) is 11.4 Å². The van der Waals surface area contributed by atoms with Gasteiger partial charge in [-0.25, -0.2) is 9.18 Å². The summed E-state index contributed by atoms with van der Waals surface area (Å²) in [6, 6.07) is 2.69. The van der Waals surface area contributed by atoms with Crippen LogP contribution < -0.4 is 0 Å². The lowest BCUT2D eigenvalue weighted by atomic mass is 10.1. The predicted octanol–water partition coefficient (Wildman–Crippen LogP) is 2.89. The van der Waals surface area contributed by atoms with Crippen LogP contribution in [0, 0.1) is 12.7 Å². The van der Waals surface area contributed by atoms with E-state index in [4.69, 9.17) is 16.7 Å². The summed E-state index contributed by atoms with van der Waals surface area (Å²) in [6.07, 6.45) is 1.21. The molecule has 1 heterocycles. The van der Waals surface area contributed by atoms with Crippen LogP contribution in [0.1, 0.15) is 15.9 Å². The maximum Gasteiger partial charge on any atom is 0.339 e. The van der Waals surface area contributed by atoms with Gasteiger partial charge >= 0.3 is 5.97 Å². The van der Waals surface area contributed by atoms with Crippen molar-refractivity contribution in [3.8, 4) is 11.3 Å². The Morgan fingerprint density at radius 2 is 2.17 bits per heavy atom. The van der Waals surface area contributed by atoms with Crippen LogP contribution in [0.25, 0.3) is 11.3 Å². The molecular formula is C12H10ClFN2O2. The van der Waals surface area contributed by atoms with Crippen LogP contribution in [0.15, 0.2) is 18.3 Å². The van der Waals surface area contributed by atoms with E-state index in [-0.39, 0.29) is 11.3 Å². The molecule has 2 rings (SSSR count). The Morgan fingerprint density at radius 3 is 2.78 bits per heavy atom. The fourth-order valence-electron chi connectivity index (χ4n) is 1.74. The molecule has 0 aliphatic carbocycles. The Morgan fingerprint density at radius 1 is 1.50 bits per heavy atom. The van der Waals surface area contributed by atoms with Crippen LogP contribution in [0.4, 0.5) is 4.39 Å². The van der Waals surface area contributed by atoms with Crippen LogP contribution in [0.5, 0.6) is 0 Å². The second-order valence-electron chi connectivity index (χ2n) is 3.92. The molecule has 0 spiro atoms. The Kier molecular flexibility index (Phi) is 3.09. The predicted molar refractivity (Wildman–Crippen MR) is 65.3 cm³/mol. The van der Waals surface area contributed by atoms with Crippen molar-refractivity contribution in [3.63, 3.8) is 0 Å². The number of hydrogen-bond acceptors (Lipinski definition) is 2. The highest BCUT2D eigenvalue weighted by Gasteiger charge is 2.20. The van der Waals surface area contributed by atoms with E-state index in [9.17, 15) is 9.18 Å². The molecule has 0 radical (unpaired) electrons. The third-order valence-electron chi connectivity index (χ3n) is 2.67. The molecule has 0 bridgehead atoms. The highest BCUT2D eigenvalue weighted by atomic mass is 35.5. The fourth-order valence-corrected chi connectivity index (χ4v) is 2.05. The van der Waals surface area contributed by atoms with Gasteiger partial charge in [-0.2, -0.15) is 5.10 Å². The lowest BCUT2D eigenvalue weighted by Gasteiger charge is -2.08. The number of aromatic nitrogens is 2. The Balaban J connectivity index is 2.73. The van der Waals surface area contributed by atoms with E-state index < -0.39 is 11.8 Å². The summed E-state index contributed by atoms with van der Waals surface area (Å²) >= 11 is 6.04. The maximum absolute atomic E-state index is 13.6. The number of nitrogens with zero attached hydrogens (tertiary/aromatic N) is 2. The molecule has 0 fully saturated rings. The zero-order valence-corrected chi connectivity index (χ0v) is 10.5. The van der Waals surface area contributed by atoms with Crippen molar-refractivity contribution < 1.29 is 14.3 Å². The maximum atomic E-state index is 13.6. The van der Waals surface area contributed by atoms with E-state index >= 15 is 0 Å². The van der Waals surface area contributed by atoms with Gasteiger partial charge in [-0.05, 0) is 24.6 Å². The smallest absolute Gasteiger partial charge is 0.339 e. The van der Waals surface area contributed by atoms with Gasteiger partial charge < -0.3 is 5.11 Å². The van der Waals surface area contributed by atoms with E-state index in [1.54, 1.807) is 14.0 Å². The zero-order valence-electron chi connectivity index (χ0n) is 9.74. The number of aromatic carboxylic acids is 1. The van der Waals surface area contributed by atoms with Crippen molar-refractivity contribution in [2.24, 2.45) is 7.05 Å². The summed E-state index contributed by atoms with van der Waals surface area (Å²) in [5, 5.41) is 13.2. The molecule has 1 aromatic heterocycles. The average Bonchev–Trinajstić information content (AvgIpc) is 2.66. The number of carboxylic acids is 1. The molecule has 94 valence electrons. The molecule has 6 heteroatoms. The summed E-state index contributed by atoms with van der Waals surface area (Å²) < 4.78 is 14.9. The molecule has 1 aromatic carbocycles. The topological polar surface area (TPSA) is 55.1 Å². The summed E-state index contributed by atoms with van der Waals surface area (Å²) in [5.41, 5.74) is 0.994. The monoisotopic (exact) mass is 268 g/mol. The first-order valence-corrected chi connectivity index (χ1v) is 5.51. The number of aryl methyl sites for hydroxylation is 2. The van der Waals surface area contributed by atoms with Gasteiger partial charge in [0.05, 0.1) is 16.9 Å². The fraction of sp³-hybridized carbons (Fsp3) is 0.167. The largest absolute Gasteiger partial charge is 0.478 e. The van der Waals surface area contributed by atoms with Crippen molar-refractivity contribution in [2.75, 3.05) is 0 Å². The van der Waals surface area contributed by atoms with E-state index in [1.807, 2.05) is 0 Å². The van der Waals surface area contributed by atoms with Gasteiger partial charge in [0.2, 0.25) is 0 Å². The molecule has 0 unspecified atom stereocenters.